The van der Waals surface area contributed by atoms with Crippen LogP contribution in [-0.4, -0.2) is 37.0 Å². The van der Waals surface area contributed by atoms with Gasteiger partial charge in [-0.05, 0) is 49.3 Å². The van der Waals surface area contributed by atoms with E-state index in [4.69, 9.17) is 10.5 Å². The molecule has 1 atom stereocenters. The smallest absolute Gasteiger partial charge is 0.321 e. The Kier molecular flexibility index (Phi) is 4.41. The number of nitrogens with zero attached hydrogens (tertiary/aromatic N) is 1. The molecule has 2 aliphatic rings. The van der Waals surface area contributed by atoms with Gasteiger partial charge in [-0.25, -0.2) is 4.79 Å². The molecule has 6 nitrogen and oxygen atoms in total. The number of likely N-dealkylation sites (tertiary alicyclic amines) is 1. The quantitative estimate of drug-likeness (QED) is 0.893. The number of amides is 3. The fourth-order valence-corrected chi connectivity index (χ4v) is 3.53. The number of methoxy groups -OCH3 is 1. The summed E-state index contributed by atoms with van der Waals surface area (Å²) in [5.41, 5.74) is 8.60. The molecule has 1 aliphatic carbocycles. The van der Waals surface area contributed by atoms with E-state index in [2.05, 4.69) is 11.4 Å². The molecule has 1 unspecified atom stereocenters. The van der Waals surface area contributed by atoms with Gasteiger partial charge in [0.2, 0.25) is 5.91 Å². The molecule has 1 heterocycles. The molecule has 124 valence electrons. The summed E-state index contributed by atoms with van der Waals surface area (Å²) in [5.74, 6) is 0.0982. The number of urea groups is 1. The lowest BCUT2D eigenvalue weighted by Gasteiger charge is -2.31. The van der Waals surface area contributed by atoms with Gasteiger partial charge in [-0.15, -0.1) is 0 Å². The van der Waals surface area contributed by atoms with E-state index in [0.717, 1.165) is 37.8 Å². The first-order valence-corrected chi connectivity index (χ1v) is 8.14. The Labute approximate surface area is 136 Å². The second-order valence-corrected chi connectivity index (χ2v) is 6.25. The topological polar surface area (TPSA) is 84.7 Å². The molecule has 23 heavy (non-hydrogen) atoms. The third-order valence-electron chi connectivity index (χ3n) is 4.81. The van der Waals surface area contributed by atoms with Crippen LogP contribution in [0.4, 0.5) is 10.5 Å². The predicted octanol–water partition coefficient (Wildman–Crippen LogP) is 1.91. The Balaban J connectivity index is 1.78. The number of piperidine rings is 1. The van der Waals surface area contributed by atoms with Crippen LogP contribution in [0.15, 0.2) is 12.1 Å². The zero-order valence-electron chi connectivity index (χ0n) is 13.4. The number of nitrogens with one attached hydrogen (secondary N) is 1. The minimum Gasteiger partial charge on any atom is -0.495 e. The highest BCUT2D eigenvalue weighted by Gasteiger charge is 2.28. The number of primary amides is 1. The standard InChI is InChI=1S/C17H23N3O3/c1-23-14-8-7-11-4-2-6-13(11)15(14)19-17(22)20-9-3-5-12(10-20)16(18)21/h7-8,12H,2-6,9-10H2,1H3,(H2,18,21)(H,19,22). The van der Waals surface area contributed by atoms with Crippen LogP contribution in [0, 0.1) is 5.92 Å². The van der Waals surface area contributed by atoms with Crippen LogP contribution in [0.5, 0.6) is 5.75 Å². The van der Waals surface area contributed by atoms with E-state index in [0.29, 0.717) is 18.8 Å². The largest absolute Gasteiger partial charge is 0.495 e. The van der Waals surface area contributed by atoms with Gasteiger partial charge >= 0.3 is 6.03 Å². The van der Waals surface area contributed by atoms with Crippen molar-refractivity contribution in [1.29, 1.82) is 0 Å². The van der Waals surface area contributed by atoms with Crippen LogP contribution in [0.2, 0.25) is 0 Å². The van der Waals surface area contributed by atoms with Crippen LogP contribution in [0.3, 0.4) is 0 Å². The number of rotatable bonds is 3. The maximum atomic E-state index is 12.6. The second kappa shape index (κ2) is 6.48. The number of hydrogen-bond acceptors (Lipinski definition) is 3. The number of ether oxygens (including phenoxy) is 1. The van der Waals surface area contributed by atoms with Gasteiger partial charge in [0.05, 0.1) is 18.7 Å². The molecule has 1 fully saturated rings. The monoisotopic (exact) mass is 317 g/mol. The summed E-state index contributed by atoms with van der Waals surface area (Å²) in [5, 5.41) is 3.00. The van der Waals surface area contributed by atoms with Gasteiger partial charge in [-0.2, -0.15) is 0 Å². The lowest BCUT2D eigenvalue weighted by Crippen LogP contribution is -2.45. The molecular weight excluding hydrogens is 294 g/mol. The summed E-state index contributed by atoms with van der Waals surface area (Å²) in [6.07, 6.45) is 4.63. The molecule has 0 radical (unpaired) electrons. The van der Waals surface area contributed by atoms with Crippen LogP contribution in [0.25, 0.3) is 0 Å². The van der Waals surface area contributed by atoms with Gasteiger partial charge < -0.3 is 20.7 Å². The third kappa shape index (κ3) is 3.11. The first kappa shape index (κ1) is 15.6. The predicted molar refractivity (Wildman–Crippen MR) is 87.5 cm³/mol. The molecular formula is C17H23N3O3. The fourth-order valence-electron chi connectivity index (χ4n) is 3.53. The Hall–Kier alpha value is -2.24. The van der Waals surface area contributed by atoms with Crippen molar-refractivity contribution in [3.05, 3.63) is 23.3 Å². The SMILES string of the molecule is COc1ccc2c(c1NC(=O)N1CCCC(C(N)=O)C1)CCC2. The molecule has 0 bridgehead atoms. The van der Waals surface area contributed by atoms with E-state index in [1.165, 1.54) is 11.1 Å². The molecule has 0 saturated carbocycles. The molecule has 6 heteroatoms. The lowest BCUT2D eigenvalue weighted by atomic mass is 9.98. The number of fused-ring (bicyclic) bond motifs is 1. The normalized spacial score (nSPS) is 20.0. The van der Waals surface area contributed by atoms with Crippen molar-refractivity contribution >= 4 is 17.6 Å². The molecule has 3 rings (SSSR count). The number of carbonyl (C=O) groups is 2. The summed E-state index contributed by atoms with van der Waals surface area (Å²) in [6.45, 7) is 1.03. The van der Waals surface area contributed by atoms with E-state index in [9.17, 15) is 9.59 Å². The van der Waals surface area contributed by atoms with Crippen LogP contribution >= 0.6 is 0 Å². The second-order valence-electron chi connectivity index (χ2n) is 6.25. The summed E-state index contributed by atoms with van der Waals surface area (Å²) in [6, 6.07) is 3.79. The van der Waals surface area contributed by atoms with E-state index in [1.807, 2.05) is 6.07 Å². The number of aryl methyl sites for hydroxylation is 1. The van der Waals surface area contributed by atoms with Crippen LogP contribution in [0.1, 0.15) is 30.4 Å². The van der Waals surface area contributed by atoms with Gasteiger partial charge in [0.15, 0.2) is 0 Å². The van der Waals surface area contributed by atoms with E-state index in [-0.39, 0.29) is 17.9 Å². The maximum absolute atomic E-state index is 12.6. The Bertz CT molecular complexity index is 630. The Morgan fingerprint density at radius 1 is 1.30 bits per heavy atom. The minimum absolute atomic E-state index is 0.186. The summed E-state index contributed by atoms with van der Waals surface area (Å²) in [7, 11) is 1.61. The number of benzene rings is 1. The van der Waals surface area contributed by atoms with E-state index in [1.54, 1.807) is 12.0 Å². The Morgan fingerprint density at radius 2 is 2.13 bits per heavy atom. The molecule has 1 saturated heterocycles. The highest BCUT2D eigenvalue weighted by atomic mass is 16.5. The number of carbonyl (C=O) groups excluding carboxylic acids is 2. The fraction of sp³-hybridized carbons (Fsp3) is 0.529. The average Bonchev–Trinajstić information content (AvgIpc) is 3.04. The van der Waals surface area contributed by atoms with Gasteiger partial charge in [0.25, 0.3) is 0 Å². The molecule has 3 N–H and O–H groups in total. The van der Waals surface area contributed by atoms with Gasteiger partial charge in [0.1, 0.15) is 5.75 Å². The summed E-state index contributed by atoms with van der Waals surface area (Å²) in [4.78, 5) is 25.7. The third-order valence-corrected chi connectivity index (χ3v) is 4.81. The zero-order valence-corrected chi connectivity index (χ0v) is 13.4. The molecule has 1 aromatic carbocycles. The number of hydrogen-bond donors (Lipinski definition) is 2. The van der Waals surface area contributed by atoms with Gasteiger partial charge in [-0.1, -0.05) is 6.07 Å². The van der Waals surface area contributed by atoms with Crippen molar-refractivity contribution in [2.24, 2.45) is 11.7 Å². The van der Waals surface area contributed by atoms with Gasteiger partial charge in [0, 0.05) is 13.1 Å². The van der Waals surface area contributed by atoms with E-state index < -0.39 is 0 Å². The highest BCUT2D eigenvalue weighted by Crippen LogP contribution is 2.36. The average molecular weight is 317 g/mol. The molecule has 0 spiro atoms. The molecule has 0 aromatic heterocycles. The molecule has 1 aliphatic heterocycles. The highest BCUT2D eigenvalue weighted by molar-refractivity contribution is 5.93. The van der Waals surface area contributed by atoms with Crippen molar-refractivity contribution in [3.63, 3.8) is 0 Å². The van der Waals surface area contributed by atoms with Crippen LogP contribution in [-0.2, 0) is 17.6 Å². The first-order valence-electron chi connectivity index (χ1n) is 8.14. The number of anilines is 1. The minimum atomic E-state index is -0.333. The van der Waals surface area contributed by atoms with Gasteiger partial charge in [-0.3, -0.25) is 4.79 Å². The van der Waals surface area contributed by atoms with Crippen molar-refractivity contribution < 1.29 is 14.3 Å². The van der Waals surface area contributed by atoms with Crippen molar-refractivity contribution in [3.8, 4) is 5.75 Å². The summed E-state index contributed by atoms with van der Waals surface area (Å²) >= 11 is 0. The lowest BCUT2D eigenvalue weighted by molar-refractivity contribution is -0.123. The Morgan fingerprint density at radius 3 is 2.87 bits per heavy atom. The first-order chi connectivity index (χ1) is 11.1. The zero-order chi connectivity index (χ0) is 16.4. The van der Waals surface area contributed by atoms with Crippen LogP contribution < -0.4 is 15.8 Å². The van der Waals surface area contributed by atoms with E-state index >= 15 is 0 Å². The number of nitrogens with two attached hydrogens (primary N) is 1. The molecule has 3 amide bonds. The molecule has 1 aromatic rings. The van der Waals surface area contributed by atoms with Crippen molar-refractivity contribution in [2.75, 3.05) is 25.5 Å². The summed E-state index contributed by atoms with van der Waals surface area (Å²) < 4.78 is 5.41. The maximum Gasteiger partial charge on any atom is 0.321 e. The van der Waals surface area contributed by atoms with Crippen molar-refractivity contribution in [1.82, 2.24) is 4.90 Å². The van der Waals surface area contributed by atoms with Crippen molar-refractivity contribution in [2.45, 2.75) is 32.1 Å².